The highest BCUT2D eigenvalue weighted by Crippen LogP contribution is 2.30. The summed E-state index contributed by atoms with van der Waals surface area (Å²) in [6.45, 7) is 6.19. The highest BCUT2D eigenvalue weighted by Gasteiger charge is 2.10. The molecule has 1 aliphatic rings. The number of ether oxygens (including phenoxy) is 2. The highest BCUT2D eigenvalue weighted by atomic mass is 16.5. The van der Waals surface area contributed by atoms with Gasteiger partial charge in [0, 0.05) is 12.1 Å². The fraction of sp³-hybridized carbons (Fsp3) is 0.350. The average Bonchev–Trinajstić information content (AvgIpc) is 2.85. The molecule has 132 valence electrons. The largest absolute Gasteiger partial charge is 0.490 e. The number of hydrogen-bond donors (Lipinski definition) is 2. The molecular formula is C20H25N3O2. The summed E-state index contributed by atoms with van der Waals surface area (Å²) in [5.74, 6) is 2.44. The SMILES string of the molecule is CC(C)c1cccc(NC(N)=NCc2ccc3c(c2)OCCCO3)c1. The molecule has 1 heterocycles. The van der Waals surface area contributed by atoms with Crippen molar-refractivity contribution in [1.82, 2.24) is 0 Å². The summed E-state index contributed by atoms with van der Waals surface area (Å²) in [4.78, 5) is 4.42. The highest BCUT2D eigenvalue weighted by molar-refractivity contribution is 5.92. The van der Waals surface area contributed by atoms with Crippen LogP contribution < -0.4 is 20.5 Å². The van der Waals surface area contributed by atoms with Crippen LogP contribution in [0, 0.1) is 0 Å². The molecule has 0 saturated heterocycles. The van der Waals surface area contributed by atoms with E-state index in [1.54, 1.807) is 0 Å². The summed E-state index contributed by atoms with van der Waals surface area (Å²) in [7, 11) is 0. The Bertz CT molecular complexity index is 756. The van der Waals surface area contributed by atoms with Crippen LogP contribution in [-0.2, 0) is 6.54 Å². The summed E-state index contributed by atoms with van der Waals surface area (Å²) in [6, 6.07) is 14.1. The Morgan fingerprint density at radius 2 is 1.92 bits per heavy atom. The molecule has 0 saturated carbocycles. The standard InChI is InChI=1S/C20H25N3O2/c1-14(2)16-5-3-6-17(12-16)23-20(21)22-13-15-7-8-18-19(11-15)25-10-4-9-24-18/h3,5-8,11-12,14H,4,9-10,13H2,1-2H3,(H3,21,22,23). The fourth-order valence-corrected chi connectivity index (χ4v) is 2.65. The number of benzene rings is 2. The van der Waals surface area contributed by atoms with Crippen molar-refractivity contribution in [3.05, 3.63) is 53.6 Å². The maximum atomic E-state index is 6.03. The van der Waals surface area contributed by atoms with Crippen molar-refractivity contribution in [2.75, 3.05) is 18.5 Å². The van der Waals surface area contributed by atoms with Gasteiger partial charge in [0.25, 0.3) is 0 Å². The number of nitrogens with two attached hydrogens (primary N) is 1. The maximum Gasteiger partial charge on any atom is 0.193 e. The van der Waals surface area contributed by atoms with Gasteiger partial charge in [0.1, 0.15) is 0 Å². The topological polar surface area (TPSA) is 68.9 Å². The van der Waals surface area contributed by atoms with E-state index in [2.05, 4.69) is 36.3 Å². The number of nitrogens with one attached hydrogen (secondary N) is 1. The van der Waals surface area contributed by atoms with Crippen molar-refractivity contribution < 1.29 is 9.47 Å². The minimum absolute atomic E-state index is 0.396. The summed E-state index contributed by atoms with van der Waals surface area (Å²) in [5, 5.41) is 3.15. The molecule has 2 aromatic rings. The fourth-order valence-electron chi connectivity index (χ4n) is 2.65. The molecule has 0 bridgehead atoms. The lowest BCUT2D eigenvalue weighted by Gasteiger charge is -2.10. The van der Waals surface area contributed by atoms with E-state index in [-0.39, 0.29) is 0 Å². The minimum atomic E-state index is 0.396. The Morgan fingerprint density at radius 3 is 2.72 bits per heavy atom. The molecule has 0 aromatic heterocycles. The number of nitrogens with zero attached hydrogens (tertiary/aromatic N) is 1. The van der Waals surface area contributed by atoms with E-state index in [1.807, 2.05) is 30.3 Å². The van der Waals surface area contributed by atoms with Crippen LogP contribution in [0.15, 0.2) is 47.5 Å². The van der Waals surface area contributed by atoms with Gasteiger partial charge >= 0.3 is 0 Å². The van der Waals surface area contributed by atoms with Crippen LogP contribution in [0.5, 0.6) is 11.5 Å². The molecule has 0 fully saturated rings. The lowest BCUT2D eigenvalue weighted by atomic mass is 10.0. The van der Waals surface area contributed by atoms with Crippen molar-refractivity contribution in [2.45, 2.75) is 32.7 Å². The van der Waals surface area contributed by atoms with E-state index in [9.17, 15) is 0 Å². The molecule has 5 nitrogen and oxygen atoms in total. The van der Waals surface area contributed by atoms with Crippen LogP contribution in [0.25, 0.3) is 0 Å². The van der Waals surface area contributed by atoms with Crippen LogP contribution in [0.3, 0.4) is 0 Å². The van der Waals surface area contributed by atoms with Gasteiger partial charge in [-0.2, -0.15) is 0 Å². The number of hydrogen-bond acceptors (Lipinski definition) is 3. The van der Waals surface area contributed by atoms with E-state index in [1.165, 1.54) is 5.56 Å². The van der Waals surface area contributed by atoms with Crippen molar-refractivity contribution in [1.29, 1.82) is 0 Å². The zero-order valence-corrected chi connectivity index (χ0v) is 14.8. The number of anilines is 1. The second kappa shape index (κ2) is 7.92. The van der Waals surface area contributed by atoms with Gasteiger partial charge in [0.2, 0.25) is 0 Å². The molecule has 0 aliphatic carbocycles. The number of fused-ring (bicyclic) bond motifs is 1. The van der Waals surface area contributed by atoms with E-state index in [0.29, 0.717) is 31.6 Å². The first-order valence-corrected chi connectivity index (χ1v) is 8.67. The number of aliphatic imine (C=N–C) groups is 1. The predicted octanol–water partition coefficient (Wildman–Crippen LogP) is 3.90. The van der Waals surface area contributed by atoms with Crippen molar-refractivity contribution in [2.24, 2.45) is 10.7 Å². The second-order valence-electron chi connectivity index (χ2n) is 6.44. The normalized spacial score (nSPS) is 14.3. The molecule has 25 heavy (non-hydrogen) atoms. The van der Waals surface area contributed by atoms with Gasteiger partial charge in [-0.25, -0.2) is 4.99 Å². The molecule has 3 N–H and O–H groups in total. The number of guanidine groups is 1. The van der Waals surface area contributed by atoms with Gasteiger partial charge < -0.3 is 20.5 Å². The summed E-state index contributed by atoms with van der Waals surface area (Å²) in [5.41, 5.74) is 9.27. The maximum absolute atomic E-state index is 6.03. The Labute approximate surface area is 148 Å². The van der Waals surface area contributed by atoms with E-state index >= 15 is 0 Å². The molecule has 5 heteroatoms. The predicted molar refractivity (Wildman–Crippen MR) is 102 cm³/mol. The summed E-state index contributed by atoms with van der Waals surface area (Å²) >= 11 is 0. The van der Waals surface area contributed by atoms with Crippen molar-refractivity contribution in [3.8, 4) is 11.5 Å². The molecule has 2 aromatic carbocycles. The smallest absolute Gasteiger partial charge is 0.193 e. The van der Waals surface area contributed by atoms with Gasteiger partial charge in [-0.1, -0.05) is 32.0 Å². The Hall–Kier alpha value is -2.69. The Balaban J connectivity index is 1.65. The zero-order valence-electron chi connectivity index (χ0n) is 14.8. The van der Waals surface area contributed by atoms with Crippen molar-refractivity contribution in [3.63, 3.8) is 0 Å². The third-order valence-corrected chi connectivity index (χ3v) is 4.07. The van der Waals surface area contributed by atoms with Crippen LogP contribution in [-0.4, -0.2) is 19.2 Å². The van der Waals surface area contributed by atoms with Crippen LogP contribution in [0.4, 0.5) is 5.69 Å². The van der Waals surface area contributed by atoms with E-state index < -0.39 is 0 Å². The summed E-state index contributed by atoms with van der Waals surface area (Å²) < 4.78 is 11.3. The first-order chi connectivity index (χ1) is 12.1. The molecule has 0 radical (unpaired) electrons. The van der Waals surface area contributed by atoms with Crippen LogP contribution >= 0.6 is 0 Å². The van der Waals surface area contributed by atoms with Crippen molar-refractivity contribution >= 4 is 11.6 Å². The Morgan fingerprint density at radius 1 is 1.12 bits per heavy atom. The molecule has 0 spiro atoms. The van der Waals surface area contributed by atoms with Gasteiger partial charge in [0.15, 0.2) is 17.5 Å². The van der Waals surface area contributed by atoms with Gasteiger partial charge in [-0.05, 0) is 41.3 Å². The molecule has 0 amide bonds. The number of rotatable bonds is 4. The van der Waals surface area contributed by atoms with Gasteiger partial charge in [-0.15, -0.1) is 0 Å². The second-order valence-corrected chi connectivity index (χ2v) is 6.44. The van der Waals surface area contributed by atoms with Gasteiger partial charge in [0.05, 0.1) is 19.8 Å². The van der Waals surface area contributed by atoms with Gasteiger partial charge in [-0.3, -0.25) is 0 Å². The molecule has 3 rings (SSSR count). The lowest BCUT2D eigenvalue weighted by molar-refractivity contribution is 0.297. The van der Waals surface area contributed by atoms with Crippen LogP contribution in [0.2, 0.25) is 0 Å². The zero-order chi connectivity index (χ0) is 17.6. The monoisotopic (exact) mass is 339 g/mol. The molecule has 0 unspecified atom stereocenters. The lowest BCUT2D eigenvalue weighted by Crippen LogP contribution is -2.22. The van der Waals surface area contributed by atoms with Crippen LogP contribution in [0.1, 0.15) is 37.3 Å². The van der Waals surface area contributed by atoms with E-state index in [4.69, 9.17) is 15.2 Å². The minimum Gasteiger partial charge on any atom is -0.490 e. The average molecular weight is 339 g/mol. The third-order valence-electron chi connectivity index (χ3n) is 4.07. The summed E-state index contributed by atoms with van der Waals surface area (Å²) in [6.07, 6.45) is 0.897. The first-order valence-electron chi connectivity index (χ1n) is 8.67. The molecular weight excluding hydrogens is 314 g/mol. The first kappa shape index (κ1) is 17.1. The molecule has 1 aliphatic heterocycles. The Kier molecular flexibility index (Phi) is 5.43. The molecule has 0 atom stereocenters. The third kappa shape index (κ3) is 4.66. The van der Waals surface area contributed by atoms with E-state index in [0.717, 1.165) is 29.2 Å². The quantitative estimate of drug-likeness (QED) is 0.655.